The van der Waals surface area contributed by atoms with Crippen LogP contribution in [-0.2, 0) is 9.53 Å². The molecule has 1 saturated heterocycles. The molecule has 0 N–H and O–H groups in total. The number of Topliss-reactive ketones (excluding diaryl/α,β-unsaturated/α-hetero) is 1. The molecule has 0 aliphatic carbocycles. The van der Waals surface area contributed by atoms with Crippen LogP contribution in [0.2, 0.25) is 0 Å². The minimum Gasteiger partial charge on any atom is -0.450 e. The molecule has 1 fully saturated rings. The quantitative estimate of drug-likeness (QED) is 0.739. The highest BCUT2D eigenvalue weighted by atomic mass is 16.6. The van der Waals surface area contributed by atoms with Gasteiger partial charge in [-0.05, 0) is 39.0 Å². The van der Waals surface area contributed by atoms with E-state index in [9.17, 15) is 9.59 Å². The van der Waals surface area contributed by atoms with Crippen LogP contribution in [0.5, 0.6) is 0 Å². The molecule has 0 aromatic carbocycles. The van der Waals surface area contributed by atoms with Gasteiger partial charge in [0.1, 0.15) is 5.78 Å². The van der Waals surface area contributed by atoms with Gasteiger partial charge in [-0.2, -0.15) is 0 Å². The van der Waals surface area contributed by atoms with Crippen LogP contribution in [-0.4, -0.2) is 36.5 Å². The molecule has 1 amide bonds. The molecule has 92 valence electrons. The van der Waals surface area contributed by atoms with E-state index >= 15 is 0 Å². The predicted molar refractivity (Wildman–Crippen MR) is 61.2 cm³/mol. The minimum absolute atomic E-state index is 0.201. The summed E-state index contributed by atoms with van der Waals surface area (Å²) in [6.07, 6.45) is 3.42. The van der Waals surface area contributed by atoms with Crippen molar-refractivity contribution in [3.8, 4) is 0 Å². The summed E-state index contributed by atoms with van der Waals surface area (Å²) in [5, 5.41) is 0. The number of piperidine rings is 1. The van der Waals surface area contributed by atoms with E-state index in [0.717, 1.165) is 32.4 Å². The van der Waals surface area contributed by atoms with Crippen molar-refractivity contribution < 1.29 is 14.3 Å². The van der Waals surface area contributed by atoms with Crippen LogP contribution >= 0.6 is 0 Å². The normalized spacial score (nSPS) is 17.2. The monoisotopic (exact) mass is 227 g/mol. The Bertz CT molecular complexity index is 245. The van der Waals surface area contributed by atoms with Gasteiger partial charge < -0.3 is 14.4 Å². The number of likely N-dealkylation sites (tertiary alicyclic amines) is 1. The molecule has 1 rings (SSSR count). The molecule has 1 aliphatic heterocycles. The number of hydrogen-bond acceptors (Lipinski definition) is 3. The Balaban J connectivity index is 2.23. The number of nitrogens with zero attached hydrogens (tertiary/aromatic N) is 1. The second-order valence-corrected chi connectivity index (χ2v) is 4.37. The van der Waals surface area contributed by atoms with Gasteiger partial charge in [-0.1, -0.05) is 0 Å². The fraction of sp³-hybridized carbons (Fsp3) is 0.833. The lowest BCUT2D eigenvalue weighted by Gasteiger charge is -2.31. The van der Waals surface area contributed by atoms with Gasteiger partial charge in [0, 0.05) is 19.5 Å². The molecule has 0 saturated carbocycles. The van der Waals surface area contributed by atoms with Crippen molar-refractivity contribution in [1.82, 2.24) is 4.90 Å². The van der Waals surface area contributed by atoms with E-state index in [1.165, 1.54) is 0 Å². The smallest absolute Gasteiger partial charge is 0.409 e. The molecular weight excluding hydrogens is 206 g/mol. The van der Waals surface area contributed by atoms with Gasteiger partial charge in [0.05, 0.1) is 6.61 Å². The van der Waals surface area contributed by atoms with E-state index < -0.39 is 0 Å². The predicted octanol–water partition coefficient (Wildman–Crippen LogP) is 2.22. The summed E-state index contributed by atoms with van der Waals surface area (Å²) in [6.45, 7) is 5.41. The van der Waals surface area contributed by atoms with E-state index in [-0.39, 0.29) is 11.9 Å². The first-order chi connectivity index (χ1) is 7.63. The Morgan fingerprint density at radius 2 is 1.94 bits per heavy atom. The molecule has 16 heavy (non-hydrogen) atoms. The van der Waals surface area contributed by atoms with Crippen molar-refractivity contribution in [3.63, 3.8) is 0 Å². The molecule has 0 unspecified atom stereocenters. The summed E-state index contributed by atoms with van der Waals surface area (Å²) in [7, 11) is 0. The van der Waals surface area contributed by atoms with Crippen molar-refractivity contribution in [2.75, 3.05) is 19.7 Å². The second kappa shape index (κ2) is 6.51. The Labute approximate surface area is 96.9 Å². The van der Waals surface area contributed by atoms with Crippen molar-refractivity contribution in [2.24, 2.45) is 5.92 Å². The highest BCUT2D eigenvalue weighted by Crippen LogP contribution is 2.22. The van der Waals surface area contributed by atoms with Crippen molar-refractivity contribution in [2.45, 2.75) is 39.5 Å². The first kappa shape index (κ1) is 13.0. The van der Waals surface area contributed by atoms with Gasteiger partial charge in [-0.25, -0.2) is 4.79 Å². The van der Waals surface area contributed by atoms with Crippen LogP contribution in [0.4, 0.5) is 4.79 Å². The van der Waals surface area contributed by atoms with E-state index in [0.29, 0.717) is 18.9 Å². The Kier molecular flexibility index (Phi) is 5.29. The van der Waals surface area contributed by atoms with Gasteiger partial charge in [-0.3, -0.25) is 0 Å². The fourth-order valence-electron chi connectivity index (χ4n) is 2.03. The number of rotatable bonds is 4. The molecule has 0 aromatic heterocycles. The first-order valence-electron chi connectivity index (χ1n) is 6.04. The highest BCUT2D eigenvalue weighted by Gasteiger charge is 2.23. The molecule has 4 nitrogen and oxygen atoms in total. The van der Waals surface area contributed by atoms with Gasteiger partial charge >= 0.3 is 6.09 Å². The maximum absolute atomic E-state index is 11.4. The summed E-state index contributed by atoms with van der Waals surface area (Å²) in [6, 6.07) is 0. The fourth-order valence-corrected chi connectivity index (χ4v) is 2.03. The lowest BCUT2D eigenvalue weighted by atomic mass is 9.92. The van der Waals surface area contributed by atoms with Crippen molar-refractivity contribution >= 4 is 11.9 Å². The second-order valence-electron chi connectivity index (χ2n) is 4.37. The molecule has 0 aromatic rings. The Morgan fingerprint density at radius 1 is 1.31 bits per heavy atom. The van der Waals surface area contributed by atoms with Gasteiger partial charge in [0.15, 0.2) is 0 Å². The SMILES string of the molecule is CCOC(=O)N1CCC(CCC(C)=O)CC1. The third-order valence-corrected chi connectivity index (χ3v) is 3.05. The van der Waals surface area contributed by atoms with Crippen LogP contribution in [0.1, 0.15) is 39.5 Å². The average molecular weight is 227 g/mol. The van der Waals surface area contributed by atoms with Crippen molar-refractivity contribution in [1.29, 1.82) is 0 Å². The molecule has 1 aliphatic rings. The lowest BCUT2D eigenvalue weighted by molar-refractivity contribution is -0.117. The summed E-state index contributed by atoms with van der Waals surface area (Å²) < 4.78 is 4.95. The highest BCUT2D eigenvalue weighted by molar-refractivity contribution is 5.75. The van der Waals surface area contributed by atoms with Crippen LogP contribution in [0.3, 0.4) is 0 Å². The molecule has 1 heterocycles. The standard InChI is InChI=1S/C12H21NO3/c1-3-16-12(15)13-8-6-11(7-9-13)5-4-10(2)14/h11H,3-9H2,1-2H3. The van der Waals surface area contributed by atoms with E-state index in [4.69, 9.17) is 4.74 Å². The van der Waals surface area contributed by atoms with E-state index in [1.807, 2.05) is 6.92 Å². The number of ether oxygens (including phenoxy) is 1. The van der Waals surface area contributed by atoms with Gasteiger partial charge in [-0.15, -0.1) is 0 Å². The number of carbonyl (C=O) groups is 2. The number of hydrogen-bond donors (Lipinski definition) is 0. The summed E-state index contributed by atoms with van der Waals surface area (Å²) >= 11 is 0. The third-order valence-electron chi connectivity index (χ3n) is 3.05. The zero-order chi connectivity index (χ0) is 12.0. The molecule has 0 bridgehead atoms. The van der Waals surface area contributed by atoms with Gasteiger partial charge in [0.2, 0.25) is 0 Å². The topological polar surface area (TPSA) is 46.6 Å². The molecule has 0 atom stereocenters. The summed E-state index contributed by atoms with van der Waals surface area (Å²) in [4.78, 5) is 24.0. The largest absolute Gasteiger partial charge is 0.450 e. The number of carbonyl (C=O) groups excluding carboxylic acids is 2. The maximum atomic E-state index is 11.4. The van der Waals surface area contributed by atoms with Crippen LogP contribution in [0.15, 0.2) is 0 Å². The summed E-state index contributed by atoms with van der Waals surface area (Å²) in [5.41, 5.74) is 0. The molecule has 4 heteroatoms. The van der Waals surface area contributed by atoms with Crippen LogP contribution < -0.4 is 0 Å². The average Bonchev–Trinajstić information content (AvgIpc) is 2.27. The zero-order valence-electron chi connectivity index (χ0n) is 10.2. The number of amides is 1. The van der Waals surface area contributed by atoms with Gasteiger partial charge in [0.25, 0.3) is 0 Å². The maximum Gasteiger partial charge on any atom is 0.409 e. The third kappa shape index (κ3) is 4.21. The van der Waals surface area contributed by atoms with E-state index in [1.54, 1.807) is 11.8 Å². The van der Waals surface area contributed by atoms with Crippen LogP contribution in [0, 0.1) is 5.92 Å². The first-order valence-corrected chi connectivity index (χ1v) is 6.04. The number of ketones is 1. The molecule has 0 radical (unpaired) electrons. The molecular formula is C12H21NO3. The summed E-state index contributed by atoms with van der Waals surface area (Å²) in [5.74, 6) is 0.849. The Morgan fingerprint density at radius 3 is 2.44 bits per heavy atom. The van der Waals surface area contributed by atoms with Crippen LogP contribution in [0.25, 0.3) is 0 Å². The lowest BCUT2D eigenvalue weighted by Crippen LogP contribution is -2.38. The molecule has 0 spiro atoms. The van der Waals surface area contributed by atoms with Crippen molar-refractivity contribution in [3.05, 3.63) is 0 Å². The zero-order valence-corrected chi connectivity index (χ0v) is 10.2. The Hall–Kier alpha value is -1.06. The van der Waals surface area contributed by atoms with E-state index in [2.05, 4.69) is 0 Å². The minimum atomic E-state index is -0.201.